The van der Waals surface area contributed by atoms with Gasteiger partial charge in [-0.15, -0.1) is 11.6 Å². The zero-order valence-electron chi connectivity index (χ0n) is 9.31. The summed E-state index contributed by atoms with van der Waals surface area (Å²) in [6.07, 6.45) is 3.97. The van der Waals surface area contributed by atoms with Crippen LogP contribution in [0, 0.1) is 5.92 Å². The van der Waals surface area contributed by atoms with E-state index in [0.29, 0.717) is 11.8 Å². The standard InChI is InChI=1S/C13H15ClN2/c1-11(7-14)9-16-10-13(8-15-16)12-5-3-2-4-6-12/h2-6,8,10-11H,7,9H2,1H3. The van der Waals surface area contributed by atoms with E-state index in [1.54, 1.807) is 0 Å². The maximum atomic E-state index is 5.78. The van der Waals surface area contributed by atoms with Gasteiger partial charge in [-0.05, 0) is 11.5 Å². The number of rotatable bonds is 4. The first-order valence-corrected chi connectivity index (χ1v) is 5.97. The van der Waals surface area contributed by atoms with Crippen LogP contribution in [0.15, 0.2) is 42.7 Å². The Morgan fingerprint density at radius 3 is 2.69 bits per heavy atom. The molecule has 16 heavy (non-hydrogen) atoms. The monoisotopic (exact) mass is 234 g/mol. The maximum Gasteiger partial charge on any atom is 0.0568 e. The van der Waals surface area contributed by atoms with Crippen molar-refractivity contribution in [3.8, 4) is 11.1 Å². The summed E-state index contributed by atoms with van der Waals surface area (Å²) >= 11 is 5.78. The highest BCUT2D eigenvalue weighted by Gasteiger charge is 2.04. The molecule has 2 rings (SSSR count). The van der Waals surface area contributed by atoms with Gasteiger partial charge in [0.1, 0.15) is 0 Å². The molecule has 1 unspecified atom stereocenters. The molecule has 3 heteroatoms. The summed E-state index contributed by atoms with van der Waals surface area (Å²) in [6.45, 7) is 2.99. The van der Waals surface area contributed by atoms with Gasteiger partial charge in [-0.1, -0.05) is 37.3 Å². The molecule has 0 bridgehead atoms. The largest absolute Gasteiger partial charge is 0.272 e. The van der Waals surface area contributed by atoms with E-state index in [4.69, 9.17) is 11.6 Å². The van der Waals surface area contributed by atoms with Crippen molar-refractivity contribution in [1.82, 2.24) is 9.78 Å². The SMILES string of the molecule is CC(CCl)Cn1cc(-c2ccccc2)cn1. The Kier molecular flexibility index (Phi) is 3.62. The molecule has 0 saturated carbocycles. The van der Waals surface area contributed by atoms with E-state index in [1.807, 2.05) is 29.1 Å². The molecule has 0 aliphatic carbocycles. The molecule has 0 aliphatic rings. The van der Waals surface area contributed by atoms with E-state index < -0.39 is 0 Å². The van der Waals surface area contributed by atoms with Gasteiger partial charge in [0.05, 0.1) is 6.20 Å². The zero-order valence-corrected chi connectivity index (χ0v) is 10.1. The van der Waals surface area contributed by atoms with Gasteiger partial charge >= 0.3 is 0 Å². The van der Waals surface area contributed by atoms with Crippen LogP contribution in [0.5, 0.6) is 0 Å². The second-order valence-electron chi connectivity index (χ2n) is 4.08. The first-order chi connectivity index (χ1) is 7.79. The third-order valence-electron chi connectivity index (χ3n) is 2.50. The van der Waals surface area contributed by atoms with E-state index in [0.717, 1.165) is 12.1 Å². The predicted molar refractivity (Wildman–Crippen MR) is 67.5 cm³/mol. The minimum atomic E-state index is 0.449. The van der Waals surface area contributed by atoms with Crippen molar-refractivity contribution in [2.45, 2.75) is 13.5 Å². The predicted octanol–water partition coefficient (Wildman–Crippen LogP) is 3.43. The lowest BCUT2D eigenvalue weighted by molar-refractivity contribution is 0.487. The summed E-state index contributed by atoms with van der Waals surface area (Å²) in [6, 6.07) is 10.3. The molecule has 2 aromatic rings. The van der Waals surface area contributed by atoms with E-state index in [2.05, 4.69) is 30.4 Å². The third kappa shape index (κ3) is 2.64. The average Bonchev–Trinajstić information content (AvgIpc) is 2.78. The summed E-state index contributed by atoms with van der Waals surface area (Å²) in [4.78, 5) is 0. The molecule has 0 fully saturated rings. The van der Waals surface area contributed by atoms with Crippen molar-refractivity contribution in [3.63, 3.8) is 0 Å². The average molecular weight is 235 g/mol. The Bertz CT molecular complexity index is 436. The molecule has 0 amide bonds. The fourth-order valence-corrected chi connectivity index (χ4v) is 1.71. The molecular weight excluding hydrogens is 220 g/mol. The summed E-state index contributed by atoms with van der Waals surface area (Å²) in [5.41, 5.74) is 2.36. The summed E-state index contributed by atoms with van der Waals surface area (Å²) in [7, 11) is 0. The lowest BCUT2D eigenvalue weighted by Crippen LogP contribution is -2.08. The minimum absolute atomic E-state index is 0.449. The van der Waals surface area contributed by atoms with Crippen LogP contribution in [-0.4, -0.2) is 15.7 Å². The van der Waals surface area contributed by atoms with E-state index in [9.17, 15) is 0 Å². The summed E-state index contributed by atoms with van der Waals surface area (Å²) in [5, 5.41) is 4.34. The quantitative estimate of drug-likeness (QED) is 0.742. The van der Waals surface area contributed by atoms with Crippen LogP contribution >= 0.6 is 11.6 Å². The van der Waals surface area contributed by atoms with Crippen molar-refractivity contribution < 1.29 is 0 Å². The second kappa shape index (κ2) is 5.17. The van der Waals surface area contributed by atoms with Crippen LogP contribution in [0.3, 0.4) is 0 Å². The van der Waals surface area contributed by atoms with Gasteiger partial charge in [0.15, 0.2) is 0 Å². The number of hydrogen-bond donors (Lipinski definition) is 0. The Balaban J connectivity index is 2.14. The Morgan fingerprint density at radius 2 is 2.00 bits per heavy atom. The van der Waals surface area contributed by atoms with Gasteiger partial charge in [-0.2, -0.15) is 5.10 Å². The van der Waals surface area contributed by atoms with Crippen LogP contribution < -0.4 is 0 Å². The molecule has 84 valence electrons. The van der Waals surface area contributed by atoms with E-state index >= 15 is 0 Å². The van der Waals surface area contributed by atoms with E-state index in [-0.39, 0.29) is 0 Å². The Labute approximate surface area is 101 Å². The van der Waals surface area contributed by atoms with Gasteiger partial charge in [0, 0.05) is 24.2 Å². The normalized spacial score (nSPS) is 12.6. The van der Waals surface area contributed by atoms with Crippen LogP contribution in [0.2, 0.25) is 0 Å². The number of aromatic nitrogens is 2. The van der Waals surface area contributed by atoms with Crippen LogP contribution in [0.1, 0.15) is 6.92 Å². The molecule has 1 aromatic carbocycles. The van der Waals surface area contributed by atoms with Crippen LogP contribution in [-0.2, 0) is 6.54 Å². The first kappa shape index (κ1) is 11.2. The second-order valence-corrected chi connectivity index (χ2v) is 4.39. The van der Waals surface area contributed by atoms with Gasteiger partial charge in [-0.3, -0.25) is 4.68 Å². The molecule has 0 radical (unpaired) electrons. The topological polar surface area (TPSA) is 17.8 Å². The lowest BCUT2D eigenvalue weighted by atomic mass is 10.1. The summed E-state index contributed by atoms with van der Waals surface area (Å²) in [5.74, 6) is 1.12. The first-order valence-electron chi connectivity index (χ1n) is 5.43. The molecule has 0 spiro atoms. The fourth-order valence-electron chi connectivity index (χ4n) is 1.61. The smallest absolute Gasteiger partial charge is 0.0568 e. The van der Waals surface area contributed by atoms with Gasteiger partial charge in [0.2, 0.25) is 0 Å². The molecule has 1 aromatic heterocycles. The minimum Gasteiger partial charge on any atom is -0.272 e. The zero-order chi connectivity index (χ0) is 11.4. The van der Waals surface area contributed by atoms with Crippen molar-refractivity contribution in [2.24, 2.45) is 5.92 Å². The highest BCUT2D eigenvalue weighted by molar-refractivity contribution is 6.18. The van der Waals surface area contributed by atoms with E-state index in [1.165, 1.54) is 5.56 Å². The molecular formula is C13H15ClN2. The highest BCUT2D eigenvalue weighted by atomic mass is 35.5. The number of nitrogens with zero attached hydrogens (tertiary/aromatic N) is 2. The Hall–Kier alpha value is -1.28. The van der Waals surface area contributed by atoms with Gasteiger partial charge in [0.25, 0.3) is 0 Å². The fraction of sp³-hybridized carbons (Fsp3) is 0.308. The highest BCUT2D eigenvalue weighted by Crippen LogP contribution is 2.18. The van der Waals surface area contributed by atoms with Crippen molar-refractivity contribution >= 4 is 11.6 Å². The molecule has 0 saturated heterocycles. The van der Waals surface area contributed by atoms with Gasteiger partial charge < -0.3 is 0 Å². The van der Waals surface area contributed by atoms with Crippen LogP contribution in [0.4, 0.5) is 0 Å². The Morgan fingerprint density at radius 1 is 1.25 bits per heavy atom. The van der Waals surface area contributed by atoms with Crippen LogP contribution in [0.25, 0.3) is 11.1 Å². The number of halogens is 1. The molecule has 0 N–H and O–H groups in total. The van der Waals surface area contributed by atoms with Crippen molar-refractivity contribution in [3.05, 3.63) is 42.7 Å². The molecule has 2 nitrogen and oxygen atoms in total. The van der Waals surface area contributed by atoms with Crippen molar-refractivity contribution in [2.75, 3.05) is 5.88 Å². The third-order valence-corrected chi connectivity index (χ3v) is 3.03. The molecule has 1 atom stereocenters. The number of hydrogen-bond acceptors (Lipinski definition) is 1. The molecule has 0 aliphatic heterocycles. The van der Waals surface area contributed by atoms with Crippen molar-refractivity contribution in [1.29, 1.82) is 0 Å². The number of benzene rings is 1. The number of alkyl halides is 1. The van der Waals surface area contributed by atoms with Gasteiger partial charge in [-0.25, -0.2) is 0 Å². The molecule has 1 heterocycles. The lowest BCUT2D eigenvalue weighted by Gasteiger charge is -2.06. The maximum absolute atomic E-state index is 5.78. The summed E-state index contributed by atoms with van der Waals surface area (Å²) < 4.78 is 1.95.